The van der Waals surface area contributed by atoms with Crippen LogP contribution < -0.4 is 0 Å². The highest BCUT2D eigenvalue weighted by molar-refractivity contribution is 6.15. The predicted molar refractivity (Wildman–Crippen MR) is 82.4 cm³/mol. The van der Waals surface area contributed by atoms with Crippen LogP contribution in [-0.2, 0) is 7.05 Å². The van der Waals surface area contributed by atoms with Crippen LogP contribution in [0.4, 0.5) is 0 Å². The van der Waals surface area contributed by atoms with Crippen molar-refractivity contribution in [2.75, 3.05) is 0 Å². The SMILES string of the molecule is Cn1ncc2c3ccccc3n(C(=O)c3ccccc3)c21. The van der Waals surface area contributed by atoms with Crippen molar-refractivity contribution in [3.63, 3.8) is 0 Å². The maximum atomic E-state index is 12.9. The summed E-state index contributed by atoms with van der Waals surface area (Å²) in [6.07, 6.45) is 1.81. The summed E-state index contributed by atoms with van der Waals surface area (Å²) in [6.45, 7) is 0. The van der Waals surface area contributed by atoms with Gasteiger partial charge in [-0.3, -0.25) is 14.0 Å². The molecule has 4 nitrogen and oxygen atoms in total. The number of hydrogen-bond acceptors (Lipinski definition) is 2. The highest BCUT2D eigenvalue weighted by Crippen LogP contribution is 2.29. The van der Waals surface area contributed by atoms with Crippen LogP contribution in [0.15, 0.2) is 60.8 Å². The number of fused-ring (bicyclic) bond motifs is 3. The molecule has 0 fully saturated rings. The lowest BCUT2D eigenvalue weighted by atomic mass is 10.2. The van der Waals surface area contributed by atoms with E-state index in [1.54, 1.807) is 9.25 Å². The molecule has 21 heavy (non-hydrogen) atoms. The van der Waals surface area contributed by atoms with Crippen LogP contribution in [0.25, 0.3) is 21.9 Å². The van der Waals surface area contributed by atoms with Crippen LogP contribution >= 0.6 is 0 Å². The second kappa shape index (κ2) is 4.31. The van der Waals surface area contributed by atoms with E-state index < -0.39 is 0 Å². The Morgan fingerprint density at radius 1 is 0.952 bits per heavy atom. The van der Waals surface area contributed by atoms with Crippen LogP contribution in [0.1, 0.15) is 10.4 Å². The molecule has 4 rings (SSSR count). The highest BCUT2D eigenvalue weighted by atomic mass is 16.2. The largest absolute Gasteiger partial charge is 0.268 e. The minimum absolute atomic E-state index is 0.0367. The van der Waals surface area contributed by atoms with Crippen molar-refractivity contribution in [3.8, 4) is 0 Å². The maximum Gasteiger partial charge on any atom is 0.264 e. The summed E-state index contributed by atoms with van der Waals surface area (Å²) < 4.78 is 3.49. The molecule has 0 spiro atoms. The van der Waals surface area contributed by atoms with Gasteiger partial charge in [-0.1, -0.05) is 36.4 Å². The van der Waals surface area contributed by atoms with Gasteiger partial charge in [-0.05, 0) is 18.2 Å². The molecule has 0 N–H and O–H groups in total. The number of aromatic nitrogens is 3. The third kappa shape index (κ3) is 1.62. The zero-order chi connectivity index (χ0) is 14.4. The van der Waals surface area contributed by atoms with Crippen LogP contribution in [0.3, 0.4) is 0 Å². The number of nitrogens with zero attached hydrogens (tertiary/aromatic N) is 3. The smallest absolute Gasteiger partial charge is 0.264 e. The van der Waals surface area contributed by atoms with Crippen molar-refractivity contribution in [2.45, 2.75) is 0 Å². The standard InChI is InChI=1S/C17H13N3O/c1-19-16-14(11-18-19)13-9-5-6-10-15(13)20(16)17(21)12-7-3-2-4-8-12/h2-11H,1H3. The molecule has 0 amide bonds. The Bertz CT molecular complexity index is 964. The minimum Gasteiger partial charge on any atom is -0.268 e. The summed E-state index contributed by atoms with van der Waals surface area (Å²) >= 11 is 0. The number of hydrogen-bond donors (Lipinski definition) is 0. The average Bonchev–Trinajstić information content (AvgIpc) is 3.06. The number of rotatable bonds is 1. The zero-order valence-corrected chi connectivity index (χ0v) is 11.5. The molecule has 0 bridgehead atoms. The van der Waals surface area contributed by atoms with Gasteiger partial charge in [0.05, 0.1) is 11.7 Å². The molecule has 0 saturated heterocycles. The summed E-state index contributed by atoms with van der Waals surface area (Å²) in [5, 5.41) is 6.33. The zero-order valence-electron chi connectivity index (χ0n) is 11.5. The molecule has 102 valence electrons. The van der Waals surface area contributed by atoms with Gasteiger partial charge in [0, 0.05) is 23.4 Å². The molecule has 0 aliphatic carbocycles. The van der Waals surface area contributed by atoms with Gasteiger partial charge in [-0.15, -0.1) is 0 Å². The van der Waals surface area contributed by atoms with Gasteiger partial charge in [-0.25, -0.2) is 0 Å². The fourth-order valence-electron chi connectivity index (χ4n) is 2.81. The molecule has 0 saturated carbocycles. The Balaban J connectivity index is 2.10. The summed E-state index contributed by atoms with van der Waals surface area (Å²) in [5.41, 5.74) is 2.40. The lowest BCUT2D eigenvalue weighted by molar-refractivity contribution is 0.0968. The first-order valence-electron chi connectivity index (χ1n) is 6.78. The average molecular weight is 275 g/mol. The second-order valence-electron chi connectivity index (χ2n) is 5.03. The fourth-order valence-corrected chi connectivity index (χ4v) is 2.81. The highest BCUT2D eigenvalue weighted by Gasteiger charge is 2.19. The molecule has 4 heteroatoms. The number of carbonyl (C=O) groups is 1. The van der Waals surface area contributed by atoms with Crippen LogP contribution in [0.5, 0.6) is 0 Å². The molecule has 0 unspecified atom stereocenters. The topological polar surface area (TPSA) is 39.8 Å². The van der Waals surface area contributed by atoms with Crippen LogP contribution in [-0.4, -0.2) is 20.3 Å². The Labute approximate surface area is 121 Å². The van der Waals surface area contributed by atoms with Crippen molar-refractivity contribution in [3.05, 3.63) is 66.4 Å². The molecule has 0 atom stereocenters. The van der Waals surface area contributed by atoms with Crippen molar-refractivity contribution in [1.82, 2.24) is 14.3 Å². The normalized spacial score (nSPS) is 11.3. The molecule has 2 aromatic heterocycles. The van der Waals surface area contributed by atoms with E-state index in [1.165, 1.54) is 0 Å². The van der Waals surface area contributed by atoms with Crippen molar-refractivity contribution >= 4 is 27.8 Å². The Hall–Kier alpha value is -2.88. The van der Waals surface area contributed by atoms with E-state index in [9.17, 15) is 4.79 Å². The minimum atomic E-state index is -0.0367. The lowest BCUT2D eigenvalue weighted by Gasteiger charge is -2.06. The molecule has 2 heterocycles. The number of aryl methyl sites for hydroxylation is 1. The van der Waals surface area contributed by atoms with Crippen molar-refractivity contribution in [2.24, 2.45) is 7.05 Å². The molecular weight excluding hydrogens is 262 g/mol. The molecular formula is C17H13N3O. The molecule has 0 aliphatic heterocycles. The van der Waals surface area contributed by atoms with E-state index in [4.69, 9.17) is 0 Å². The number of para-hydroxylation sites is 1. The Kier molecular flexibility index (Phi) is 2.44. The molecule has 0 aliphatic rings. The Morgan fingerprint density at radius 2 is 1.67 bits per heavy atom. The number of carbonyl (C=O) groups excluding carboxylic acids is 1. The monoisotopic (exact) mass is 275 g/mol. The summed E-state index contributed by atoms with van der Waals surface area (Å²) in [4.78, 5) is 12.9. The first-order valence-corrected chi connectivity index (χ1v) is 6.78. The third-order valence-corrected chi connectivity index (χ3v) is 3.78. The number of benzene rings is 2. The van der Waals surface area contributed by atoms with Gasteiger partial charge < -0.3 is 0 Å². The van der Waals surface area contributed by atoms with Gasteiger partial charge in [0.25, 0.3) is 5.91 Å². The van der Waals surface area contributed by atoms with E-state index in [0.29, 0.717) is 5.56 Å². The summed E-state index contributed by atoms with van der Waals surface area (Å²) in [7, 11) is 1.86. The first-order chi connectivity index (χ1) is 10.3. The maximum absolute atomic E-state index is 12.9. The summed E-state index contributed by atoms with van der Waals surface area (Å²) in [6, 6.07) is 17.2. The fraction of sp³-hybridized carbons (Fsp3) is 0.0588. The van der Waals surface area contributed by atoms with E-state index in [-0.39, 0.29) is 5.91 Å². The molecule has 4 aromatic rings. The molecule has 2 aromatic carbocycles. The van der Waals surface area contributed by atoms with Crippen LogP contribution in [0.2, 0.25) is 0 Å². The quantitative estimate of drug-likeness (QED) is 0.535. The lowest BCUT2D eigenvalue weighted by Crippen LogP contribution is -2.13. The van der Waals surface area contributed by atoms with E-state index >= 15 is 0 Å². The van der Waals surface area contributed by atoms with E-state index in [2.05, 4.69) is 5.10 Å². The van der Waals surface area contributed by atoms with Crippen LogP contribution in [0, 0.1) is 0 Å². The van der Waals surface area contributed by atoms with E-state index in [0.717, 1.165) is 21.9 Å². The second-order valence-corrected chi connectivity index (χ2v) is 5.03. The summed E-state index contributed by atoms with van der Waals surface area (Å²) in [5.74, 6) is -0.0367. The van der Waals surface area contributed by atoms with Gasteiger partial charge in [0.2, 0.25) is 0 Å². The Morgan fingerprint density at radius 3 is 2.48 bits per heavy atom. The first kappa shape index (κ1) is 11.9. The third-order valence-electron chi connectivity index (χ3n) is 3.78. The van der Waals surface area contributed by atoms with Gasteiger partial charge in [-0.2, -0.15) is 5.10 Å². The molecule has 0 radical (unpaired) electrons. The van der Waals surface area contributed by atoms with Gasteiger partial charge in [0.1, 0.15) is 5.65 Å². The van der Waals surface area contributed by atoms with E-state index in [1.807, 2.05) is 67.8 Å². The van der Waals surface area contributed by atoms with Gasteiger partial charge >= 0.3 is 0 Å². The predicted octanol–water partition coefficient (Wildman–Crippen LogP) is 3.22. The van der Waals surface area contributed by atoms with Gasteiger partial charge in [0.15, 0.2) is 0 Å². The van der Waals surface area contributed by atoms with Crippen molar-refractivity contribution < 1.29 is 4.79 Å². The van der Waals surface area contributed by atoms with Crippen molar-refractivity contribution in [1.29, 1.82) is 0 Å².